The maximum Gasteiger partial charge on any atom is 0.164 e. The van der Waals surface area contributed by atoms with Crippen molar-refractivity contribution in [3.63, 3.8) is 0 Å². The van der Waals surface area contributed by atoms with Gasteiger partial charge < -0.3 is 14.9 Å². The molecule has 2 N–H and O–H groups in total. The van der Waals surface area contributed by atoms with Gasteiger partial charge in [-0.05, 0) is 37.8 Å². The van der Waals surface area contributed by atoms with Crippen LogP contribution in [0.2, 0.25) is 0 Å². The summed E-state index contributed by atoms with van der Waals surface area (Å²) in [5, 5.41) is 23.5. The highest BCUT2D eigenvalue weighted by Crippen LogP contribution is 2.47. The highest BCUT2D eigenvalue weighted by Gasteiger charge is 2.39. The van der Waals surface area contributed by atoms with E-state index in [4.69, 9.17) is 4.74 Å². The van der Waals surface area contributed by atoms with Crippen molar-refractivity contribution in [1.82, 2.24) is 0 Å². The van der Waals surface area contributed by atoms with Crippen LogP contribution in [0.4, 0.5) is 8.78 Å². The fraction of sp³-hybridized carbons (Fsp3) is 0.250. The van der Waals surface area contributed by atoms with Gasteiger partial charge in [-0.15, -0.1) is 0 Å². The van der Waals surface area contributed by atoms with E-state index in [1.54, 1.807) is 0 Å². The Morgan fingerprint density at radius 2 is 1.40 bits per heavy atom. The first-order valence-electron chi connectivity index (χ1n) is 9.96. The largest absolute Gasteiger partial charge is 0.504 e. The van der Waals surface area contributed by atoms with E-state index in [-0.39, 0.29) is 11.4 Å². The first-order chi connectivity index (χ1) is 14.5. The van der Waals surface area contributed by atoms with E-state index in [1.807, 2.05) is 36.4 Å². The molecule has 3 nitrogen and oxygen atoms in total. The quantitative estimate of drug-likeness (QED) is 0.590. The van der Waals surface area contributed by atoms with Crippen molar-refractivity contribution in [2.24, 2.45) is 0 Å². The molecule has 0 spiro atoms. The maximum absolute atomic E-state index is 13.6. The summed E-state index contributed by atoms with van der Waals surface area (Å²) < 4.78 is 32.7. The van der Waals surface area contributed by atoms with Crippen LogP contribution in [-0.4, -0.2) is 28.1 Å². The summed E-state index contributed by atoms with van der Waals surface area (Å²) in [6.07, 6.45) is 0.813. The molecule has 3 aromatic carbocycles. The molecule has 0 radical (unpaired) electrons. The summed E-state index contributed by atoms with van der Waals surface area (Å²) in [5.74, 6) is -2.86. The summed E-state index contributed by atoms with van der Waals surface area (Å²) in [6.45, 7) is 0. The average Bonchev–Trinajstić information content (AvgIpc) is 2.76. The topological polar surface area (TPSA) is 49.7 Å². The molecule has 0 aliphatic heterocycles. The molecule has 0 bridgehead atoms. The van der Waals surface area contributed by atoms with Crippen LogP contribution >= 0.6 is 7.92 Å². The number of phenolic OH excluding ortho intramolecular Hbond substituents is 1. The molecule has 1 saturated carbocycles. The van der Waals surface area contributed by atoms with Crippen LogP contribution in [0.5, 0.6) is 11.5 Å². The number of aliphatic hydroxyl groups excluding tert-OH is 1. The first-order valence-corrected chi connectivity index (χ1v) is 11.4. The Balaban J connectivity index is 1.64. The lowest BCUT2D eigenvalue weighted by atomic mass is 9.94. The predicted molar refractivity (Wildman–Crippen MR) is 115 cm³/mol. The molecule has 0 heterocycles. The lowest BCUT2D eigenvalue weighted by molar-refractivity contribution is 0.00909. The Bertz CT molecular complexity index is 945. The standard InChI is InChI=1S/C24H23F2O3P/c25-18-14-20(27)22(15-19(18)26)29-21-12-7-13-23(24(21)28)30(16-8-3-1-4-9-16)17-10-5-2-6-11-17/h1-6,8-11,14-15,21,23-24,27-28H,7,12-13H2/t21-,23+,24+/m1/s1. The van der Waals surface area contributed by atoms with E-state index in [2.05, 4.69) is 24.3 Å². The van der Waals surface area contributed by atoms with Gasteiger partial charge in [0.25, 0.3) is 0 Å². The molecule has 0 amide bonds. The minimum absolute atomic E-state index is 0.0593. The third kappa shape index (κ3) is 4.33. The number of hydrogen-bond acceptors (Lipinski definition) is 3. The first kappa shape index (κ1) is 20.8. The number of phenols is 1. The Morgan fingerprint density at radius 1 is 0.833 bits per heavy atom. The lowest BCUT2D eigenvalue weighted by Gasteiger charge is -2.39. The SMILES string of the molecule is Oc1cc(F)c(F)cc1O[C@@H]1CCC[C@H](P(c2ccccc2)c2ccccc2)[C@H]1O. The van der Waals surface area contributed by atoms with Gasteiger partial charge >= 0.3 is 0 Å². The number of halogens is 2. The molecule has 1 aliphatic rings. The van der Waals surface area contributed by atoms with Gasteiger partial charge in [-0.2, -0.15) is 0 Å². The van der Waals surface area contributed by atoms with E-state index in [0.717, 1.165) is 18.9 Å². The smallest absolute Gasteiger partial charge is 0.164 e. The van der Waals surface area contributed by atoms with Gasteiger partial charge in [0, 0.05) is 17.8 Å². The zero-order chi connectivity index (χ0) is 21.1. The Kier molecular flexibility index (Phi) is 6.31. The summed E-state index contributed by atoms with van der Waals surface area (Å²) in [4.78, 5) is 0. The zero-order valence-corrected chi connectivity index (χ0v) is 17.2. The molecule has 3 atom stereocenters. The molecule has 1 aliphatic carbocycles. The number of benzene rings is 3. The Hall–Kier alpha value is -2.49. The van der Waals surface area contributed by atoms with Crippen LogP contribution in [0.3, 0.4) is 0 Å². The van der Waals surface area contributed by atoms with Crippen molar-refractivity contribution in [3.8, 4) is 11.5 Å². The van der Waals surface area contributed by atoms with Crippen molar-refractivity contribution in [2.45, 2.75) is 37.1 Å². The fourth-order valence-corrected chi connectivity index (χ4v) is 7.00. The molecule has 3 aromatic rings. The number of aromatic hydroxyl groups is 1. The van der Waals surface area contributed by atoms with Crippen molar-refractivity contribution < 1.29 is 23.7 Å². The monoisotopic (exact) mass is 428 g/mol. The van der Waals surface area contributed by atoms with Gasteiger partial charge in [0.1, 0.15) is 6.10 Å². The van der Waals surface area contributed by atoms with Crippen LogP contribution in [0.15, 0.2) is 72.8 Å². The molecule has 0 aromatic heterocycles. The average molecular weight is 428 g/mol. The number of rotatable bonds is 5. The number of aliphatic hydroxyl groups is 1. The molecule has 1 fully saturated rings. The molecule has 0 saturated heterocycles. The third-order valence-corrected chi connectivity index (χ3v) is 8.38. The molecule has 6 heteroatoms. The van der Waals surface area contributed by atoms with E-state index in [9.17, 15) is 19.0 Å². The van der Waals surface area contributed by atoms with Crippen LogP contribution in [0.1, 0.15) is 19.3 Å². The lowest BCUT2D eigenvalue weighted by Crippen LogP contribution is -2.45. The highest BCUT2D eigenvalue weighted by atomic mass is 31.1. The molecule has 4 rings (SSSR count). The predicted octanol–water partition coefficient (Wildman–Crippen LogP) is 4.46. The minimum atomic E-state index is -1.14. The maximum atomic E-state index is 13.6. The third-order valence-electron chi connectivity index (χ3n) is 5.44. The summed E-state index contributed by atoms with van der Waals surface area (Å²) in [5.41, 5.74) is -0.0593. The van der Waals surface area contributed by atoms with Crippen LogP contribution in [0.25, 0.3) is 0 Å². The van der Waals surface area contributed by atoms with Crippen LogP contribution in [-0.2, 0) is 0 Å². The van der Waals surface area contributed by atoms with Crippen LogP contribution in [0, 0.1) is 11.6 Å². The second-order valence-corrected chi connectivity index (χ2v) is 9.86. The van der Waals surface area contributed by atoms with Gasteiger partial charge in [-0.1, -0.05) is 60.7 Å². The van der Waals surface area contributed by atoms with E-state index < -0.39 is 37.5 Å². The molecular formula is C24H23F2O3P. The van der Waals surface area contributed by atoms with Gasteiger partial charge in [0.2, 0.25) is 0 Å². The van der Waals surface area contributed by atoms with Gasteiger partial charge in [0.15, 0.2) is 23.1 Å². The van der Waals surface area contributed by atoms with Crippen molar-refractivity contribution >= 4 is 18.5 Å². The van der Waals surface area contributed by atoms with Crippen LogP contribution < -0.4 is 15.3 Å². The molecule has 30 heavy (non-hydrogen) atoms. The van der Waals surface area contributed by atoms with Gasteiger partial charge in [-0.25, -0.2) is 8.78 Å². The van der Waals surface area contributed by atoms with E-state index in [1.165, 1.54) is 10.6 Å². The van der Waals surface area contributed by atoms with E-state index >= 15 is 0 Å². The second kappa shape index (κ2) is 9.11. The Labute approximate surface area is 175 Å². The fourth-order valence-electron chi connectivity index (χ4n) is 4.01. The van der Waals surface area contributed by atoms with Gasteiger partial charge in [-0.3, -0.25) is 0 Å². The highest BCUT2D eigenvalue weighted by molar-refractivity contribution is 7.73. The molecular weight excluding hydrogens is 405 g/mol. The van der Waals surface area contributed by atoms with E-state index in [0.29, 0.717) is 12.5 Å². The van der Waals surface area contributed by atoms with Crippen molar-refractivity contribution in [3.05, 3.63) is 84.4 Å². The minimum Gasteiger partial charge on any atom is -0.504 e. The van der Waals surface area contributed by atoms with Crippen molar-refractivity contribution in [2.75, 3.05) is 0 Å². The Morgan fingerprint density at radius 3 is 2.00 bits per heavy atom. The number of hydrogen-bond donors (Lipinski definition) is 2. The molecule has 156 valence electrons. The normalized spacial score (nSPS) is 21.5. The zero-order valence-electron chi connectivity index (χ0n) is 16.3. The molecule has 0 unspecified atom stereocenters. The summed E-state index contributed by atoms with van der Waals surface area (Å²) >= 11 is 0. The second-order valence-electron chi connectivity index (χ2n) is 7.42. The summed E-state index contributed by atoms with van der Waals surface area (Å²) in [7, 11) is -0.855. The van der Waals surface area contributed by atoms with Crippen molar-refractivity contribution in [1.29, 1.82) is 0 Å². The number of ether oxygens (including phenoxy) is 1. The summed E-state index contributed by atoms with van der Waals surface area (Å²) in [6, 6.07) is 21.8. The van der Waals surface area contributed by atoms with Gasteiger partial charge in [0.05, 0.1) is 6.10 Å².